The van der Waals surface area contributed by atoms with Crippen LogP contribution in [0, 0.1) is 5.92 Å². The molecule has 0 unspecified atom stereocenters. The third-order valence-electron chi connectivity index (χ3n) is 2.82. The first-order valence-corrected chi connectivity index (χ1v) is 5.11. The molecular weight excluding hydrogens is 212 g/mol. The van der Waals surface area contributed by atoms with E-state index >= 15 is 0 Å². The van der Waals surface area contributed by atoms with Crippen molar-refractivity contribution >= 4 is 18.2 Å². The summed E-state index contributed by atoms with van der Waals surface area (Å²) in [4.78, 5) is 10.6. The Balaban J connectivity index is 0.00000112. The predicted octanol–water partition coefficient (Wildman–Crippen LogP) is 1.07. The molecule has 1 aliphatic heterocycles. The maximum absolute atomic E-state index is 5.64. The molecule has 1 saturated heterocycles. The standard InChI is InChI=1S/C10H16N4.ClH/c11-7-9-1-5-14(6-2-9)10-8-12-3-4-13-10;/h3-4,8-9H,1-2,5-7,11H2;1H. The highest BCUT2D eigenvalue weighted by atomic mass is 35.5. The molecule has 1 fully saturated rings. The van der Waals surface area contributed by atoms with Crippen LogP contribution >= 0.6 is 12.4 Å². The molecule has 1 aromatic heterocycles. The topological polar surface area (TPSA) is 55.0 Å². The van der Waals surface area contributed by atoms with Gasteiger partial charge in [-0.25, -0.2) is 4.98 Å². The van der Waals surface area contributed by atoms with E-state index in [4.69, 9.17) is 5.73 Å². The van der Waals surface area contributed by atoms with Crippen LogP contribution in [0.25, 0.3) is 0 Å². The Hall–Kier alpha value is -0.870. The number of hydrogen-bond donors (Lipinski definition) is 1. The first kappa shape index (κ1) is 12.2. The Bertz CT molecular complexity index is 272. The summed E-state index contributed by atoms with van der Waals surface area (Å²) in [6.45, 7) is 2.93. The van der Waals surface area contributed by atoms with E-state index in [2.05, 4.69) is 14.9 Å². The summed E-state index contributed by atoms with van der Waals surface area (Å²) in [6, 6.07) is 0. The first-order chi connectivity index (χ1) is 6.90. The highest BCUT2D eigenvalue weighted by Gasteiger charge is 2.18. The molecule has 15 heavy (non-hydrogen) atoms. The minimum atomic E-state index is 0. The van der Waals surface area contributed by atoms with Gasteiger partial charge in [0.1, 0.15) is 5.82 Å². The van der Waals surface area contributed by atoms with Crippen LogP contribution in [0.2, 0.25) is 0 Å². The molecule has 0 aromatic carbocycles. The van der Waals surface area contributed by atoms with Crippen LogP contribution in [0.15, 0.2) is 18.6 Å². The maximum atomic E-state index is 5.64. The Morgan fingerprint density at radius 1 is 1.33 bits per heavy atom. The lowest BCUT2D eigenvalue weighted by Crippen LogP contribution is -2.36. The van der Waals surface area contributed by atoms with Crippen LogP contribution in [0.4, 0.5) is 5.82 Å². The molecule has 2 rings (SSSR count). The molecule has 4 nitrogen and oxygen atoms in total. The zero-order valence-corrected chi connectivity index (χ0v) is 9.49. The fourth-order valence-corrected chi connectivity index (χ4v) is 1.85. The van der Waals surface area contributed by atoms with E-state index < -0.39 is 0 Å². The molecule has 0 atom stereocenters. The van der Waals surface area contributed by atoms with E-state index in [1.807, 2.05) is 6.20 Å². The molecule has 1 aliphatic rings. The molecule has 0 amide bonds. The summed E-state index contributed by atoms with van der Waals surface area (Å²) < 4.78 is 0. The molecule has 0 bridgehead atoms. The van der Waals surface area contributed by atoms with Crippen LogP contribution < -0.4 is 10.6 Å². The van der Waals surface area contributed by atoms with Gasteiger partial charge in [-0.05, 0) is 25.3 Å². The predicted molar refractivity (Wildman–Crippen MR) is 63.3 cm³/mol. The van der Waals surface area contributed by atoms with E-state index in [1.54, 1.807) is 12.4 Å². The van der Waals surface area contributed by atoms with Crippen molar-refractivity contribution in [2.45, 2.75) is 12.8 Å². The van der Waals surface area contributed by atoms with Crippen LogP contribution in [0.3, 0.4) is 0 Å². The van der Waals surface area contributed by atoms with Gasteiger partial charge in [-0.1, -0.05) is 0 Å². The van der Waals surface area contributed by atoms with Crippen molar-refractivity contribution in [2.24, 2.45) is 11.7 Å². The summed E-state index contributed by atoms with van der Waals surface area (Å²) >= 11 is 0. The van der Waals surface area contributed by atoms with Crippen molar-refractivity contribution in [1.82, 2.24) is 9.97 Å². The number of nitrogens with two attached hydrogens (primary N) is 1. The second-order valence-corrected chi connectivity index (χ2v) is 3.73. The minimum Gasteiger partial charge on any atom is -0.355 e. The Morgan fingerprint density at radius 2 is 2.07 bits per heavy atom. The lowest BCUT2D eigenvalue weighted by molar-refractivity contribution is 0.413. The molecule has 84 valence electrons. The summed E-state index contributed by atoms with van der Waals surface area (Å²) in [5.41, 5.74) is 5.64. The molecule has 2 N–H and O–H groups in total. The van der Waals surface area contributed by atoms with Gasteiger partial charge in [0.25, 0.3) is 0 Å². The average Bonchev–Trinajstić information content (AvgIpc) is 2.30. The molecule has 0 aliphatic carbocycles. The van der Waals surface area contributed by atoms with Gasteiger partial charge in [-0.15, -0.1) is 12.4 Å². The van der Waals surface area contributed by atoms with Crippen LogP contribution in [0.1, 0.15) is 12.8 Å². The molecule has 0 spiro atoms. The summed E-state index contributed by atoms with van der Waals surface area (Å²) in [6.07, 6.45) is 7.61. The Morgan fingerprint density at radius 3 is 2.60 bits per heavy atom. The van der Waals surface area contributed by atoms with Gasteiger partial charge in [0.05, 0.1) is 6.20 Å². The molecule has 0 radical (unpaired) electrons. The Labute approximate surface area is 96.3 Å². The van der Waals surface area contributed by atoms with E-state index in [0.717, 1.165) is 25.5 Å². The van der Waals surface area contributed by atoms with Gasteiger partial charge in [0.2, 0.25) is 0 Å². The van der Waals surface area contributed by atoms with Crippen LogP contribution in [-0.4, -0.2) is 29.6 Å². The maximum Gasteiger partial charge on any atom is 0.147 e. The molecule has 0 saturated carbocycles. The fourth-order valence-electron chi connectivity index (χ4n) is 1.85. The zero-order chi connectivity index (χ0) is 9.80. The van der Waals surface area contributed by atoms with E-state index in [-0.39, 0.29) is 12.4 Å². The largest absolute Gasteiger partial charge is 0.355 e. The summed E-state index contributed by atoms with van der Waals surface area (Å²) in [7, 11) is 0. The van der Waals surface area contributed by atoms with Crippen molar-refractivity contribution in [1.29, 1.82) is 0 Å². The van der Waals surface area contributed by atoms with Gasteiger partial charge in [-0.3, -0.25) is 4.98 Å². The molecule has 5 heteroatoms. The van der Waals surface area contributed by atoms with Crippen molar-refractivity contribution in [3.63, 3.8) is 0 Å². The lowest BCUT2D eigenvalue weighted by atomic mass is 9.97. The number of anilines is 1. The van der Waals surface area contributed by atoms with Crippen molar-refractivity contribution in [3.05, 3.63) is 18.6 Å². The monoisotopic (exact) mass is 228 g/mol. The van der Waals surface area contributed by atoms with Crippen LogP contribution in [0.5, 0.6) is 0 Å². The van der Waals surface area contributed by atoms with Crippen molar-refractivity contribution in [3.8, 4) is 0 Å². The summed E-state index contributed by atoms with van der Waals surface area (Å²) in [5.74, 6) is 1.69. The highest BCUT2D eigenvalue weighted by molar-refractivity contribution is 5.85. The number of aromatic nitrogens is 2. The highest BCUT2D eigenvalue weighted by Crippen LogP contribution is 2.19. The fraction of sp³-hybridized carbons (Fsp3) is 0.600. The molecular formula is C10H17ClN4. The quantitative estimate of drug-likeness (QED) is 0.823. The SMILES string of the molecule is Cl.NCC1CCN(c2cnccn2)CC1. The number of hydrogen-bond acceptors (Lipinski definition) is 4. The van der Waals surface area contributed by atoms with Crippen LogP contribution in [-0.2, 0) is 0 Å². The van der Waals surface area contributed by atoms with Gasteiger partial charge >= 0.3 is 0 Å². The lowest BCUT2D eigenvalue weighted by Gasteiger charge is -2.31. The number of piperidine rings is 1. The van der Waals surface area contributed by atoms with Gasteiger partial charge < -0.3 is 10.6 Å². The smallest absolute Gasteiger partial charge is 0.147 e. The van der Waals surface area contributed by atoms with Crippen molar-refractivity contribution in [2.75, 3.05) is 24.5 Å². The second-order valence-electron chi connectivity index (χ2n) is 3.73. The van der Waals surface area contributed by atoms with E-state index in [9.17, 15) is 0 Å². The normalized spacial score (nSPS) is 17.3. The minimum absolute atomic E-state index is 0. The average molecular weight is 229 g/mol. The third-order valence-corrected chi connectivity index (χ3v) is 2.82. The Kier molecular flexibility index (Phi) is 4.78. The van der Waals surface area contributed by atoms with E-state index in [0.29, 0.717) is 5.92 Å². The van der Waals surface area contributed by atoms with E-state index in [1.165, 1.54) is 12.8 Å². The second kappa shape index (κ2) is 5.88. The zero-order valence-electron chi connectivity index (χ0n) is 8.67. The third kappa shape index (κ3) is 3.04. The molecule has 1 aromatic rings. The number of nitrogens with zero attached hydrogens (tertiary/aromatic N) is 3. The van der Waals surface area contributed by atoms with Crippen molar-refractivity contribution < 1.29 is 0 Å². The van der Waals surface area contributed by atoms with Gasteiger partial charge in [-0.2, -0.15) is 0 Å². The molecule has 2 heterocycles. The van der Waals surface area contributed by atoms with Gasteiger partial charge in [0.15, 0.2) is 0 Å². The number of rotatable bonds is 2. The number of halogens is 1. The summed E-state index contributed by atoms with van der Waals surface area (Å²) in [5, 5.41) is 0. The first-order valence-electron chi connectivity index (χ1n) is 5.11. The van der Waals surface area contributed by atoms with Gasteiger partial charge in [0, 0.05) is 25.5 Å².